The van der Waals surface area contributed by atoms with Gasteiger partial charge in [0.05, 0.1) is 5.69 Å². The standard InChI is InChI=1S/C19H21NO3/c1-4-13-22-18-12-8-6-10-16(18)20-19(21)15(3)23-17-11-7-5-9-14(17)2/h4-12,15H,1,13H2,2-3H3,(H,20,21). The molecule has 0 saturated carbocycles. The van der Waals surface area contributed by atoms with Crippen molar-refractivity contribution in [2.75, 3.05) is 11.9 Å². The van der Waals surface area contributed by atoms with Gasteiger partial charge in [0.25, 0.3) is 5.91 Å². The SMILES string of the molecule is C=CCOc1ccccc1NC(=O)C(C)Oc1ccccc1C. The maximum Gasteiger partial charge on any atom is 0.265 e. The highest BCUT2D eigenvalue weighted by Gasteiger charge is 2.17. The van der Waals surface area contributed by atoms with Crippen LogP contribution in [0.15, 0.2) is 61.2 Å². The Morgan fingerprint density at radius 3 is 2.52 bits per heavy atom. The van der Waals surface area contributed by atoms with Crippen LogP contribution >= 0.6 is 0 Å². The Kier molecular flexibility index (Phi) is 5.80. The number of amides is 1. The third-order valence-electron chi connectivity index (χ3n) is 3.27. The molecule has 4 nitrogen and oxygen atoms in total. The monoisotopic (exact) mass is 311 g/mol. The van der Waals surface area contributed by atoms with E-state index < -0.39 is 6.10 Å². The van der Waals surface area contributed by atoms with Crippen LogP contribution in [0.5, 0.6) is 11.5 Å². The second kappa shape index (κ2) is 8.03. The molecule has 2 aromatic rings. The zero-order valence-electron chi connectivity index (χ0n) is 13.4. The summed E-state index contributed by atoms with van der Waals surface area (Å²) in [5.74, 6) is 1.07. The van der Waals surface area contributed by atoms with Crippen molar-refractivity contribution < 1.29 is 14.3 Å². The Balaban J connectivity index is 2.04. The number of hydrogen-bond acceptors (Lipinski definition) is 3. The van der Waals surface area contributed by atoms with Crippen molar-refractivity contribution in [2.24, 2.45) is 0 Å². The number of carbonyl (C=O) groups excluding carboxylic acids is 1. The van der Waals surface area contributed by atoms with Gasteiger partial charge in [-0.15, -0.1) is 0 Å². The van der Waals surface area contributed by atoms with Crippen molar-refractivity contribution in [3.63, 3.8) is 0 Å². The molecule has 0 aromatic heterocycles. The maximum absolute atomic E-state index is 12.3. The van der Waals surface area contributed by atoms with Crippen molar-refractivity contribution in [3.05, 3.63) is 66.7 Å². The van der Waals surface area contributed by atoms with Crippen molar-refractivity contribution >= 4 is 11.6 Å². The van der Waals surface area contributed by atoms with Crippen molar-refractivity contribution in [1.82, 2.24) is 0 Å². The Labute approximate surface area is 136 Å². The van der Waals surface area contributed by atoms with E-state index in [4.69, 9.17) is 9.47 Å². The topological polar surface area (TPSA) is 47.6 Å². The van der Waals surface area contributed by atoms with Crippen LogP contribution in [0.3, 0.4) is 0 Å². The van der Waals surface area contributed by atoms with E-state index in [-0.39, 0.29) is 5.91 Å². The van der Waals surface area contributed by atoms with Crippen molar-refractivity contribution in [1.29, 1.82) is 0 Å². The predicted molar refractivity (Wildman–Crippen MR) is 92.0 cm³/mol. The van der Waals surface area contributed by atoms with E-state index in [1.165, 1.54) is 0 Å². The molecule has 0 saturated heterocycles. The van der Waals surface area contributed by atoms with Gasteiger partial charge >= 0.3 is 0 Å². The largest absolute Gasteiger partial charge is 0.487 e. The van der Waals surface area contributed by atoms with Gasteiger partial charge < -0.3 is 14.8 Å². The molecule has 0 aliphatic heterocycles. The molecule has 23 heavy (non-hydrogen) atoms. The number of aryl methyl sites for hydroxylation is 1. The zero-order chi connectivity index (χ0) is 16.7. The fraction of sp³-hybridized carbons (Fsp3) is 0.211. The molecule has 0 bridgehead atoms. The molecule has 0 aliphatic carbocycles. The summed E-state index contributed by atoms with van der Waals surface area (Å²) in [4.78, 5) is 12.3. The van der Waals surface area contributed by atoms with Crippen LogP contribution in [0.2, 0.25) is 0 Å². The quantitative estimate of drug-likeness (QED) is 0.787. The van der Waals surface area contributed by atoms with E-state index in [0.29, 0.717) is 23.8 Å². The minimum Gasteiger partial charge on any atom is -0.487 e. The van der Waals surface area contributed by atoms with Crippen molar-refractivity contribution in [2.45, 2.75) is 20.0 Å². The molecule has 4 heteroatoms. The third kappa shape index (κ3) is 4.61. The smallest absolute Gasteiger partial charge is 0.265 e. The van der Waals surface area contributed by atoms with Crippen molar-refractivity contribution in [3.8, 4) is 11.5 Å². The fourth-order valence-electron chi connectivity index (χ4n) is 2.01. The van der Waals surface area contributed by atoms with Crippen LogP contribution in [-0.4, -0.2) is 18.6 Å². The molecule has 0 heterocycles. The highest BCUT2D eigenvalue weighted by atomic mass is 16.5. The lowest BCUT2D eigenvalue weighted by Crippen LogP contribution is -2.30. The average molecular weight is 311 g/mol. The van der Waals surface area contributed by atoms with Crippen LogP contribution in [0.1, 0.15) is 12.5 Å². The van der Waals surface area contributed by atoms with E-state index in [1.807, 2.05) is 43.3 Å². The van der Waals surface area contributed by atoms with Gasteiger partial charge in [0, 0.05) is 0 Å². The predicted octanol–water partition coefficient (Wildman–Crippen LogP) is 3.97. The molecule has 2 aromatic carbocycles. The van der Waals surface area contributed by atoms with E-state index in [1.54, 1.807) is 25.1 Å². The van der Waals surface area contributed by atoms with Gasteiger partial charge in [-0.25, -0.2) is 0 Å². The number of rotatable bonds is 7. The van der Waals surface area contributed by atoms with Gasteiger partial charge in [-0.05, 0) is 37.6 Å². The van der Waals surface area contributed by atoms with Crippen LogP contribution in [0.25, 0.3) is 0 Å². The molecular weight excluding hydrogens is 290 g/mol. The highest BCUT2D eigenvalue weighted by Crippen LogP contribution is 2.24. The van der Waals surface area contributed by atoms with E-state index in [0.717, 1.165) is 5.56 Å². The summed E-state index contributed by atoms with van der Waals surface area (Å²) in [6.45, 7) is 7.65. The maximum atomic E-state index is 12.3. The molecule has 0 fully saturated rings. The molecule has 0 radical (unpaired) electrons. The first kappa shape index (κ1) is 16.6. The molecular formula is C19H21NO3. The lowest BCUT2D eigenvalue weighted by molar-refractivity contribution is -0.122. The lowest BCUT2D eigenvalue weighted by Gasteiger charge is -2.17. The Bertz CT molecular complexity index is 682. The van der Waals surface area contributed by atoms with E-state index in [2.05, 4.69) is 11.9 Å². The van der Waals surface area contributed by atoms with Gasteiger partial charge in [-0.2, -0.15) is 0 Å². The van der Waals surface area contributed by atoms with Crippen LogP contribution < -0.4 is 14.8 Å². The number of nitrogens with one attached hydrogen (secondary N) is 1. The summed E-state index contributed by atoms with van der Waals surface area (Å²) >= 11 is 0. The number of anilines is 1. The first-order valence-corrected chi connectivity index (χ1v) is 7.47. The normalized spacial score (nSPS) is 11.4. The molecule has 1 atom stereocenters. The fourth-order valence-corrected chi connectivity index (χ4v) is 2.01. The number of hydrogen-bond donors (Lipinski definition) is 1. The Morgan fingerprint density at radius 1 is 1.17 bits per heavy atom. The van der Waals surface area contributed by atoms with Gasteiger partial charge in [-0.3, -0.25) is 4.79 Å². The number of benzene rings is 2. The molecule has 1 N–H and O–H groups in total. The molecule has 0 aliphatic rings. The Hall–Kier alpha value is -2.75. The number of para-hydroxylation sites is 3. The zero-order valence-corrected chi connectivity index (χ0v) is 13.4. The summed E-state index contributed by atoms with van der Waals surface area (Å²) < 4.78 is 11.3. The molecule has 1 amide bonds. The van der Waals surface area contributed by atoms with Crippen LogP contribution in [-0.2, 0) is 4.79 Å². The second-order valence-electron chi connectivity index (χ2n) is 5.11. The summed E-state index contributed by atoms with van der Waals surface area (Å²) in [5.41, 5.74) is 1.60. The molecule has 2 rings (SSSR count). The average Bonchev–Trinajstić information content (AvgIpc) is 2.56. The third-order valence-corrected chi connectivity index (χ3v) is 3.27. The van der Waals surface area contributed by atoms with Gasteiger partial charge in [0.2, 0.25) is 0 Å². The van der Waals surface area contributed by atoms with E-state index in [9.17, 15) is 4.79 Å². The summed E-state index contributed by atoms with van der Waals surface area (Å²) in [5, 5.41) is 2.84. The first-order valence-electron chi connectivity index (χ1n) is 7.47. The first-order chi connectivity index (χ1) is 11.1. The summed E-state index contributed by atoms with van der Waals surface area (Å²) in [7, 11) is 0. The lowest BCUT2D eigenvalue weighted by atomic mass is 10.2. The Morgan fingerprint density at radius 2 is 1.83 bits per heavy atom. The van der Waals surface area contributed by atoms with E-state index >= 15 is 0 Å². The highest BCUT2D eigenvalue weighted by molar-refractivity contribution is 5.95. The second-order valence-corrected chi connectivity index (χ2v) is 5.11. The number of carbonyl (C=O) groups is 1. The van der Waals surface area contributed by atoms with Crippen LogP contribution in [0.4, 0.5) is 5.69 Å². The molecule has 120 valence electrons. The minimum atomic E-state index is -0.622. The van der Waals surface area contributed by atoms with Gasteiger partial charge in [-0.1, -0.05) is 43.0 Å². The van der Waals surface area contributed by atoms with Gasteiger partial charge in [0.1, 0.15) is 18.1 Å². The van der Waals surface area contributed by atoms with Crippen LogP contribution in [0, 0.1) is 6.92 Å². The van der Waals surface area contributed by atoms with Gasteiger partial charge in [0.15, 0.2) is 6.10 Å². The minimum absolute atomic E-state index is 0.233. The molecule has 0 spiro atoms. The molecule has 1 unspecified atom stereocenters. The summed E-state index contributed by atoms with van der Waals surface area (Å²) in [6, 6.07) is 14.9. The summed E-state index contributed by atoms with van der Waals surface area (Å²) in [6.07, 6.45) is 1.03. The number of ether oxygens (including phenoxy) is 2.